The molecule has 0 spiro atoms. The normalized spacial score (nSPS) is 15.5. The summed E-state index contributed by atoms with van der Waals surface area (Å²) in [4.78, 5) is 14.7. The smallest absolute Gasteiger partial charge is 0.165 e. The second-order valence-electron chi connectivity index (χ2n) is 12.8. The molecule has 2 aromatic heterocycles. The predicted molar refractivity (Wildman–Crippen MR) is 232 cm³/mol. The summed E-state index contributed by atoms with van der Waals surface area (Å²) in [5.41, 5.74) is 1.55. The van der Waals surface area contributed by atoms with Crippen molar-refractivity contribution >= 4 is 63.8 Å². The standard InChI is InChI=1S/C51H31N3S/c1-2-12-32(13-3-1)35-14-10-15-37(30-35)50-52-49(53-51(54-50)45-22-11-21-44-43-20-8-9-23-47(43)55-48(44)45)34-26-24-33(25-27-34)36-28-29-42-40-18-5-4-16-38(40)39-17-6-7-19-41(39)46(42)31-36/h1-31H/i4D,5D,6D,7D,16D,17D,18D,19D,24D,25D,26D,27D,28D,29D,31D. The summed E-state index contributed by atoms with van der Waals surface area (Å²) in [6.45, 7) is 0. The molecule has 0 aliphatic rings. The summed E-state index contributed by atoms with van der Waals surface area (Å²) >= 11 is 1.54. The lowest BCUT2D eigenvalue weighted by Crippen LogP contribution is -2.00. The molecule has 0 atom stereocenters. The van der Waals surface area contributed by atoms with Crippen LogP contribution in [0, 0.1) is 0 Å². The van der Waals surface area contributed by atoms with Gasteiger partial charge in [-0.15, -0.1) is 11.3 Å². The molecule has 0 saturated carbocycles. The zero-order valence-corrected chi connectivity index (χ0v) is 29.3. The minimum absolute atomic E-state index is 0.175. The topological polar surface area (TPSA) is 38.7 Å². The van der Waals surface area contributed by atoms with Crippen LogP contribution in [-0.2, 0) is 0 Å². The molecular formula is C51H31N3S. The van der Waals surface area contributed by atoms with Crippen LogP contribution in [0.1, 0.15) is 20.6 Å². The predicted octanol–water partition coefficient (Wildman–Crippen LogP) is 14.0. The van der Waals surface area contributed by atoms with E-state index in [0.717, 1.165) is 31.3 Å². The summed E-state index contributed by atoms with van der Waals surface area (Å²) < 4.78 is 138. The Labute approximate surface area is 342 Å². The second-order valence-corrected chi connectivity index (χ2v) is 13.8. The number of aromatic nitrogens is 3. The Morgan fingerprint density at radius 1 is 0.364 bits per heavy atom. The highest BCUT2D eigenvalue weighted by Gasteiger charge is 2.17. The first-order valence-electron chi connectivity index (χ1n) is 24.8. The zero-order valence-electron chi connectivity index (χ0n) is 43.5. The van der Waals surface area contributed by atoms with Crippen LogP contribution < -0.4 is 0 Å². The first-order chi connectivity index (χ1) is 33.5. The van der Waals surface area contributed by atoms with Gasteiger partial charge < -0.3 is 0 Å². The van der Waals surface area contributed by atoms with Crippen molar-refractivity contribution in [3.63, 3.8) is 0 Å². The van der Waals surface area contributed by atoms with Crippen LogP contribution in [0.4, 0.5) is 0 Å². The molecule has 0 aliphatic carbocycles. The van der Waals surface area contributed by atoms with Gasteiger partial charge in [-0.1, -0.05) is 163 Å². The molecule has 9 aromatic carbocycles. The van der Waals surface area contributed by atoms with Crippen LogP contribution in [0.25, 0.3) is 109 Å². The molecule has 256 valence electrons. The van der Waals surface area contributed by atoms with Crippen LogP contribution in [0.5, 0.6) is 0 Å². The molecule has 55 heavy (non-hydrogen) atoms. The maximum atomic E-state index is 9.70. The molecule has 0 unspecified atom stereocenters. The lowest BCUT2D eigenvalue weighted by atomic mass is 9.92. The van der Waals surface area contributed by atoms with Crippen LogP contribution in [0.3, 0.4) is 0 Å². The number of nitrogens with zero attached hydrogens (tertiary/aromatic N) is 3. The molecule has 0 fully saturated rings. The van der Waals surface area contributed by atoms with Gasteiger partial charge in [0.15, 0.2) is 17.5 Å². The molecule has 2 heterocycles. The minimum Gasteiger partial charge on any atom is -0.208 e. The van der Waals surface area contributed by atoms with Gasteiger partial charge in [0.25, 0.3) is 0 Å². The van der Waals surface area contributed by atoms with Gasteiger partial charge >= 0.3 is 0 Å². The van der Waals surface area contributed by atoms with Gasteiger partial charge in [-0.05, 0) is 78.8 Å². The Kier molecular flexibility index (Phi) is 4.64. The molecule has 0 aliphatic heterocycles. The Balaban J connectivity index is 1.20. The minimum atomic E-state index is -0.778. The molecule has 11 rings (SSSR count). The van der Waals surface area contributed by atoms with Crippen molar-refractivity contribution in [1.82, 2.24) is 15.0 Å². The average Bonchev–Trinajstić information content (AvgIpc) is 3.76. The first-order valence-corrected chi connectivity index (χ1v) is 18.1. The number of fused-ring (bicyclic) bond motifs is 9. The Hall–Kier alpha value is -7.01. The van der Waals surface area contributed by atoms with E-state index in [4.69, 9.17) is 25.9 Å². The molecule has 0 N–H and O–H groups in total. The van der Waals surface area contributed by atoms with E-state index < -0.39 is 107 Å². The quantitative estimate of drug-likeness (QED) is 0.165. The third-order valence-corrected chi connectivity index (χ3v) is 10.8. The van der Waals surface area contributed by atoms with Crippen molar-refractivity contribution in [3.8, 4) is 56.4 Å². The van der Waals surface area contributed by atoms with Gasteiger partial charge in [0.05, 0.1) is 20.6 Å². The molecule has 3 nitrogen and oxygen atoms in total. The molecule has 0 bridgehead atoms. The van der Waals surface area contributed by atoms with Crippen molar-refractivity contribution in [3.05, 3.63) is 188 Å². The second kappa shape index (κ2) is 12.8. The highest BCUT2D eigenvalue weighted by Crippen LogP contribution is 2.41. The van der Waals surface area contributed by atoms with Crippen molar-refractivity contribution in [2.24, 2.45) is 0 Å². The molecule has 0 amide bonds. The van der Waals surface area contributed by atoms with E-state index in [1.165, 1.54) is 0 Å². The van der Waals surface area contributed by atoms with Gasteiger partial charge in [0.2, 0.25) is 0 Å². The number of rotatable bonds is 5. The van der Waals surface area contributed by atoms with E-state index in [9.17, 15) is 9.60 Å². The summed E-state index contributed by atoms with van der Waals surface area (Å²) in [6, 6.07) is 20.3. The SMILES string of the molecule is [2H]c1c([2H])c(-c2c([2H])c([2H])c3c4c([2H])c([2H])c([2H])c([2H])c4c4c([2H])c([2H])c([2H])c([2H])c4c3c2[2H])c([2H])c([2H])c1-c1nc(-c2cccc(-c3ccccc3)c2)nc(-c2cccc3c2sc2ccccc23)n1. The summed E-state index contributed by atoms with van der Waals surface area (Å²) in [5.74, 6) is 0.167. The van der Waals surface area contributed by atoms with Gasteiger partial charge in [-0.25, -0.2) is 15.0 Å². The van der Waals surface area contributed by atoms with Crippen molar-refractivity contribution in [2.45, 2.75) is 0 Å². The fourth-order valence-corrected chi connectivity index (χ4v) is 8.17. The average molecular weight is 733 g/mol. The fourth-order valence-electron chi connectivity index (χ4n) is 6.96. The molecule has 0 saturated heterocycles. The van der Waals surface area contributed by atoms with Gasteiger partial charge in [-0.3, -0.25) is 0 Å². The van der Waals surface area contributed by atoms with Gasteiger partial charge in [-0.2, -0.15) is 0 Å². The lowest BCUT2D eigenvalue weighted by molar-refractivity contribution is 1.08. The number of benzene rings is 9. The maximum absolute atomic E-state index is 9.70. The monoisotopic (exact) mass is 732 g/mol. The highest BCUT2D eigenvalue weighted by atomic mass is 32.1. The van der Waals surface area contributed by atoms with E-state index in [-0.39, 0.29) is 50.0 Å². The number of hydrogen-bond acceptors (Lipinski definition) is 4. The maximum Gasteiger partial charge on any atom is 0.165 e. The van der Waals surface area contributed by atoms with Crippen LogP contribution >= 0.6 is 11.3 Å². The Bertz CT molecular complexity index is 4070. The molecular weight excluding hydrogens is 687 g/mol. The molecule has 4 heteroatoms. The van der Waals surface area contributed by atoms with Crippen LogP contribution in [0.2, 0.25) is 0 Å². The van der Waals surface area contributed by atoms with Crippen LogP contribution in [0.15, 0.2) is 188 Å². The highest BCUT2D eigenvalue weighted by molar-refractivity contribution is 7.26. The van der Waals surface area contributed by atoms with E-state index in [1.54, 1.807) is 11.3 Å². The Morgan fingerprint density at radius 3 is 1.67 bits per heavy atom. The molecule has 11 aromatic rings. The summed E-state index contributed by atoms with van der Waals surface area (Å²) in [6.07, 6.45) is 0. The van der Waals surface area contributed by atoms with Crippen molar-refractivity contribution in [2.75, 3.05) is 0 Å². The van der Waals surface area contributed by atoms with Crippen LogP contribution in [-0.4, -0.2) is 15.0 Å². The third-order valence-electron chi connectivity index (χ3n) is 9.54. The largest absolute Gasteiger partial charge is 0.208 e. The summed E-state index contributed by atoms with van der Waals surface area (Å²) in [7, 11) is 0. The number of thiophene rings is 1. The molecule has 0 radical (unpaired) electrons. The van der Waals surface area contributed by atoms with E-state index in [2.05, 4.69) is 0 Å². The first kappa shape index (κ1) is 19.9. The Morgan fingerprint density at radius 2 is 0.909 bits per heavy atom. The van der Waals surface area contributed by atoms with E-state index in [1.807, 2.05) is 97.1 Å². The van der Waals surface area contributed by atoms with Gasteiger partial charge in [0, 0.05) is 36.9 Å². The summed E-state index contributed by atoms with van der Waals surface area (Å²) in [5, 5.41) is -0.192. The van der Waals surface area contributed by atoms with Gasteiger partial charge in [0.1, 0.15) is 0 Å². The van der Waals surface area contributed by atoms with Crippen molar-refractivity contribution in [1.29, 1.82) is 0 Å². The zero-order chi connectivity index (χ0) is 49.3. The third kappa shape index (κ3) is 5.38. The lowest BCUT2D eigenvalue weighted by Gasteiger charge is -2.12. The van der Waals surface area contributed by atoms with E-state index >= 15 is 0 Å². The van der Waals surface area contributed by atoms with E-state index in [0.29, 0.717) is 11.1 Å². The number of hydrogen-bond donors (Lipinski definition) is 0. The fraction of sp³-hybridized carbons (Fsp3) is 0. The van der Waals surface area contributed by atoms with Crippen molar-refractivity contribution < 1.29 is 20.6 Å².